The molecule has 0 aliphatic rings. The Morgan fingerprint density at radius 2 is 1.82 bits per heavy atom. The summed E-state index contributed by atoms with van der Waals surface area (Å²) in [5.74, 6) is 0.827. The molecule has 0 radical (unpaired) electrons. The molecule has 7 heteroatoms. The van der Waals surface area contributed by atoms with Crippen molar-refractivity contribution in [3.63, 3.8) is 0 Å². The Morgan fingerprint density at radius 1 is 1.07 bits per heavy atom. The van der Waals surface area contributed by atoms with Crippen LogP contribution in [0.4, 0.5) is 5.69 Å². The van der Waals surface area contributed by atoms with Crippen molar-refractivity contribution in [1.82, 2.24) is 10.3 Å². The maximum Gasteiger partial charge on any atom is 0.224 e. The predicted octanol–water partition coefficient (Wildman–Crippen LogP) is 3.85. The molecule has 0 fully saturated rings. The molecule has 28 heavy (non-hydrogen) atoms. The van der Waals surface area contributed by atoms with E-state index in [4.69, 9.17) is 16.0 Å². The second kappa shape index (κ2) is 9.19. The molecule has 3 aromatic rings. The molecule has 0 atom stereocenters. The van der Waals surface area contributed by atoms with Crippen molar-refractivity contribution >= 4 is 29.1 Å². The van der Waals surface area contributed by atoms with Crippen LogP contribution in [-0.2, 0) is 22.4 Å². The summed E-state index contributed by atoms with van der Waals surface area (Å²) in [5.41, 5.74) is 2.26. The number of nitrogens with zero attached hydrogens (tertiary/aromatic N) is 1. The zero-order chi connectivity index (χ0) is 19.9. The Bertz CT molecular complexity index is 967. The summed E-state index contributed by atoms with van der Waals surface area (Å²) in [6, 6.07) is 14.5. The second-order valence-corrected chi connectivity index (χ2v) is 6.62. The first-order valence-electron chi connectivity index (χ1n) is 8.84. The minimum absolute atomic E-state index is 0.115. The molecular weight excluding hydrogens is 378 g/mol. The van der Waals surface area contributed by atoms with E-state index in [9.17, 15) is 9.59 Å². The topological polar surface area (TPSA) is 84.2 Å². The number of para-hydroxylation sites is 1. The minimum atomic E-state index is -0.171. The quantitative estimate of drug-likeness (QED) is 0.634. The lowest BCUT2D eigenvalue weighted by molar-refractivity contribution is -0.120. The molecule has 3 rings (SSSR count). The summed E-state index contributed by atoms with van der Waals surface area (Å²) in [6.45, 7) is 0. The third-order valence-corrected chi connectivity index (χ3v) is 4.42. The number of carbonyl (C=O) groups is 2. The molecule has 6 nitrogen and oxygen atoms in total. The van der Waals surface area contributed by atoms with Crippen LogP contribution in [-0.4, -0.2) is 23.8 Å². The average Bonchev–Trinajstić information content (AvgIpc) is 3.17. The first kappa shape index (κ1) is 19.6. The third kappa shape index (κ3) is 5.20. The number of rotatable bonds is 7. The molecule has 2 N–H and O–H groups in total. The molecule has 2 aromatic carbocycles. The van der Waals surface area contributed by atoms with Gasteiger partial charge in [0.2, 0.25) is 11.8 Å². The van der Waals surface area contributed by atoms with Crippen LogP contribution in [0.5, 0.6) is 0 Å². The molecule has 0 aliphatic heterocycles. The van der Waals surface area contributed by atoms with Gasteiger partial charge >= 0.3 is 0 Å². The second-order valence-electron chi connectivity index (χ2n) is 6.18. The van der Waals surface area contributed by atoms with Crippen LogP contribution < -0.4 is 10.6 Å². The van der Waals surface area contributed by atoms with E-state index in [1.54, 1.807) is 31.4 Å². The standard InChI is InChI=1S/C21H20ClN3O3/c1-23-20(27)12-15-4-2-3-5-17(15)25-19(26)10-11-21-24-13-18(28-21)14-6-8-16(22)9-7-14/h2-9,13H,10-12H2,1H3,(H,23,27)(H,25,26). The van der Waals surface area contributed by atoms with Gasteiger partial charge in [-0.05, 0) is 35.9 Å². The van der Waals surface area contributed by atoms with Crippen LogP contribution >= 0.6 is 11.6 Å². The van der Waals surface area contributed by atoms with E-state index < -0.39 is 0 Å². The highest BCUT2D eigenvalue weighted by Gasteiger charge is 2.12. The van der Waals surface area contributed by atoms with Gasteiger partial charge in [0.1, 0.15) is 0 Å². The summed E-state index contributed by atoms with van der Waals surface area (Å²) < 4.78 is 5.71. The smallest absolute Gasteiger partial charge is 0.224 e. The van der Waals surface area contributed by atoms with Gasteiger partial charge in [0.15, 0.2) is 11.7 Å². The molecule has 0 aliphatic carbocycles. The zero-order valence-electron chi connectivity index (χ0n) is 15.4. The van der Waals surface area contributed by atoms with Gasteiger partial charge in [0.05, 0.1) is 12.6 Å². The Balaban J connectivity index is 1.58. The Hall–Kier alpha value is -3.12. The van der Waals surface area contributed by atoms with Crippen molar-refractivity contribution in [2.24, 2.45) is 0 Å². The van der Waals surface area contributed by atoms with Crippen LogP contribution in [0, 0.1) is 0 Å². The number of aryl methyl sites for hydroxylation is 1. The normalized spacial score (nSPS) is 10.5. The highest BCUT2D eigenvalue weighted by Crippen LogP contribution is 2.23. The molecule has 0 spiro atoms. The van der Waals surface area contributed by atoms with E-state index in [-0.39, 0.29) is 24.7 Å². The largest absolute Gasteiger partial charge is 0.441 e. The number of halogens is 1. The van der Waals surface area contributed by atoms with E-state index in [1.165, 1.54) is 0 Å². The number of likely N-dealkylation sites (N-methyl/N-ethyl adjacent to an activating group) is 1. The van der Waals surface area contributed by atoms with Crippen LogP contribution in [0.25, 0.3) is 11.3 Å². The third-order valence-electron chi connectivity index (χ3n) is 4.17. The van der Waals surface area contributed by atoms with E-state index in [0.29, 0.717) is 28.8 Å². The molecule has 1 heterocycles. The fraction of sp³-hybridized carbons (Fsp3) is 0.190. The van der Waals surface area contributed by atoms with Gasteiger partial charge < -0.3 is 15.1 Å². The van der Waals surface area contributed by atoms with Gasteiger partial charge in [0.25, 0.3) is 0 Å². The Morgan fingerprint density at radius 3 is 2.57 bits per heavy atom. The number of anilines is 1. The van der Waals surface area contributed by atoms with Crippen molar-refractivity contribution in [3.8, 4) is 11.3 Å². The number of benzene rings is 2. The van der Waals surface area contributed by atoms with E-state index >= 15 is 0 Å². The van der Waals surface area contributed by atoms with Crippen molar-refractivity contribution in [2.45, 2.75) is 19.3 Å². The van der Waals surface area contributed by atoms with Gasteiger partial charge in [-0.2, -0.15) is 0 Å². The molecule has 0 bridgehead atoms. The van der Waals surface area contributed by atoms with Crippen LogP contribution in [0.1, 0.15) is 17.9 Å². The number of hydrogen-bond acceptors (Lipinski definition) is 4. The lowest BCUT2D eigenvalue weighted by Crippen LogP contribution is -2.21. The number of carbonyl (C=O) groups excluding carboxylic acids is 2. The number of amides is 2. The molecule has 2 amide bonds. The van der Waals surface area contributed by atoms with E-state index in [2.05, 4.69) is 15.6 Å². The van der Waals surface area contributed by atoms with Crippen LogP contribution in [0.3, 0.4) is 0 Å². The Kier molecular flexibility index (Phi) is 6.45. The minimum Gasteiger partial charge on any atom is -0.441 e. The molecule has 144 valence electrons. The van der Waals surface area contributed by atoms with E-state index in [0.717, 1.165) is 11.1 Å². The molecule has 0 saturated heterocycles. The lowest BCUT2D eigenvalue weighted by Gasteiger charge is -2.10. The van der Waals surface area contributed by atoms with Crippen LogP contribution in [0.15, 0.2) is 59.1 Å². The van der Waals surface area contributed by atoms with Crippen molar-refractivity contribution < 1.29 is 14.0 Å². The SMILES string of the molecule is CNC(=O)Cc1ccccc1NC(=O)CCc1ncc(-c2ccc(Cl)cc2)o1. The Labute approximate surface area is 167 Å². The number of oxazole rings is 1. The maximum absolute atomic E-state index is 12.3. The fourth-order valence-corrected chi connectivity index (χ4v) is 2.79. The number of nitrogens with one attached hydrogen (secondary N) is 2. The summed E-state index contributed by atoms with van der Waals surface area (Å²) in [6.07, 6.45) is 2.43. The maximum atomic E-state index is 12.3. The first-order valence-corrected chi connectivity index (χ1v) is 9.22. The summed E-state index contributed by atoms with van der Waals surface area (Å²) in [4.78, 5) is 28.2. The van der Waals surface area contributed by atoms with Gasteiger partial charge in [-0.25, -0.2) is 4.98 Å². The molecule has 1 aromatic heterocycles. The number of aromatic nitrogens is 1. The van der Waals surface area contributed by atoms with Crippen molar-refractivity contribution in [1.29, 1.82) is 0 Å². The van der Waals surface area contributed by atoms with Crippen molar-refractivity contribution in [3.05, 3.63) is 71.2 Å². The van der Waals surface area contributed by atoms with E-state index in [1.807, 2.05) is 30.3 Å². The first-order chi connectivity index (χ1) is 13.5. The summed E-state index contributed by atoms with van der Waals surface area (Å²) in [7, 11) is 1.58. The molecule has 0 unspecified atom stereocenters. The highest BCUT2D eigenvalue weighted by atomic mass is 35.5. The van der Waals surface area contributed by atoms with Gasteiger partial charge in [0, 0.05) is 36.2 Å². The molecular formula is C21H20ClN3O3. The fourth-order valence-electron chi connectivity index (χ4n) is 2.66. The molecule has 0 saturated carbocycles. The van der Waals surface area contributed by atoms with Gasteiger partial charge in [-0.15, -0.1) is 0 Å². The van der Waals surface area contributed by atoms with Crippen molar-refractivity contribution in [2.75, 3.05) is 12.4 Å². The predicted molar refractivity (Wildman–Crippen MR) is 108 cm³/mol. The van der Waals surface area contributed by atoms with Gasteiger partial charge in [-0.1, -0.05) is 29.8 Å². The lowest BCUT2D eigenvalue weighted by atomic mass is 10.1. The zero-order valence-corrected chi connectivity index (χ0v) is 16.1. The van der Waals surface area contributed by atoms with Crippen LogP contribution in [0.2, 0.25) is 5.02 Å². The summed E-state index contributed by atoms with van der Waals surface area (Å²) in [5, 5.41) is 6.08. The number of hydrogen-bond donors (Lipinski definition) is 2. The average molecular weight is 398 g/mol. The van der Waals surface area contributed by atoms with Gasteiger partial charge in [-0.3, -0.25) is 9.59 Å². The summed E-state index contributed by atoms with van der Waals surface area (Å²) >= 11 is 5.89. The monoisotopic (exact) mass is 397 g/mol. The highest BCUT2D eigenvalue weighted by molar-refractivity contribution is 6.30.